The monoisotopic (exact) mass is 447 g/mol. The minimum Gasteiger partial charge on any atom is -0.496 e. The third-order valence-electron chi connectivity index (χ3n) is 5.25. The van der Waals surface area contributed by atoms with E-state index in [2.05, 4.69) is 25.9 Å². The van der Waals surface area contributed by atoms with Crippen molar-refractivity contribution in [2.45, 2.75) is 45.2 Å². The van der Waals surface area contributed by atoms with Crippen LogP contribution in [0.25, 0.3) is 10.9 Å². The van der Waals surface area contributed by atoms with Crippen LogP contribution in [0.15, 0.2) is 41.1 Å². The summed E-state index contributed by atoms with van der Waals surface area (Å²) in [4.78, 5) is 20.7. The van der Waals surface area contributed by atoms with Crippen molar-refractivity contribution in [1.82, 2.24) is 20.6 Å². The smallest absolute Gasteiger partial charge is 0.239 e. The molecule has 31 heavy (non-hydrogen) atoms. The van der Waals surface area contributed by atoms with E-state index in [0.29, 0.717) is 41.1 Å². The largest absolute Gasteiger partial charge is 0.496 e. The Morgan fingerprint density at radius 1 is 1.32 bits per heavy atom. The number of carbonyl (C=O) groups is 1. The van der Waals surface area contributed by atoms with Gasteiger partial charge in [0.15, 0.2) is 5.83 Å². The second-order valence-electron chi connectivity index (χ2n) is 7.82. The summed E-state index contributed by atoms with van der Waals surface area (Å²) >= 11 is 6.03. The number of methoxy groups -OCH3 is 1. The van der Waals surface area contributed by atoms with Crippen LogP contribution < -0.4 is 20.7 Å². The molecule has 3 N–H and O–H groups in total. The summed E-state index contributed by atoms with van der Waals surface area (Å²) in [7, 11) is 3.18. The number of benzene rings is 1. The van der Waals surface area contributed by atoms with Crippen molar-refractivity contribution < 1.29 is 13.9 Å². The summed E-state index contributed by atoms with van der Waals surface area (Å²) in [5.41, 5.74) is 1.09. The Balaban J connectivity index is 1.97. The maximum atomic E-state index is 14.7. The zero-order valence-corrected chi connectivity index (χ0v) is 18.9. The maximum Gasteiger partial charge on any atom is 0.239 e. The van der Waals surface area contributed by atoms with Gasteiger partial charge in [-0.15, -0.1) is 0 Å². The number of ether oxygens (including phenoxy) is 1. The topological polar surface area (TPSA) is 88.2 Å². The Kier molecular flexibility index (Phi) is 7.12. The van der Waals surface area contributed by atoms with Crippen molar-refractivity contribution in [2.75, 3.05) is 19.5 Å². The summed E-state index contributed by atoms with van der Waals surface area (Å²) in [6, 6.07) is 3.69. The molecular formula is C22H27ClFN5O2. The predicted molar refractivity (Wildman–Crippen MR) is 121 cm³/mol. The van der Waals surface area contributed by atoms with Crippen molar-refractivity contribution in [3.05, 3.63) is 46.7 Å². The average Bonchev–Trinajstić information content (AvgIpc) is 2.92. The van der Waals surface area contributed by atoms with E-state index in [-0.39, 0.29) is 10.9 Å². The molecule has 1 aromatic carbocycles. The molecule has 0 bridgehead atoms. The van der Waals surface area contributed by atoms with Crippen molar-refractivity contribution >= 4 is 34.2 Å². The fourth-order valence-corrected chi connectivity index (χ4v) is 3.60. The quantitative estimate of drug-likeness (QED) is 0.591. The predicted octanol–water partition coefficient (Wildman–Crippen LogP) is 4.15. The third kappa shape index (κ3) is 5.14. The average molecular weight is 448 g/mol. The zero-order valence-electron chi connectivity index (χ0n) is 18.1. The van der Waals surface area contributed by atoms with Gasteiger partial charge in [0.2, 0.25) is 5.91 Å². The fraction of sp³-hybridized carbons (Fsp3) is 0.409. The normalized spacial score (nSPS) is 14.8. The van der Waals surface area contributed by atoms with Crippen LogP contribution in [0.4, 0.5) is 10.2 Å². The number of allylic oxidation sites excluding steroid dienone is 4. The summed E-state index contributed by atoms with van der Waals surface area (Å²) in [6.45, 7) is 3.97. The number of anilines is 1. The van der Waals surface area contributed by atoms with Gasteiger partial charge in [0.1, 0.15) is 17.9 Å². The first-order chi connectivity index (χ1) is 14.8. The van der Waals surface area contributed by atoms with Crippen LogP contribution in [0.3, 0.4) is 0 Å². The van der Waals surface area contributed by atoms with E-state index < -0.39 is 11.4 Å². The molecule has 0 unspecified atom stereocenters. The van der Waals surface area contributed by atoms with E-state index in [4.69, 9.17) is 16.3 Å². The lowest BCUT2D eigenvalue weighted by Gasteiger charge is -2.25. The van der Waals surface area contributed by atoms with Crippen LogP contribution in [0, 0.1) is 0 Å². The van der Waals surface area contributed by atoms with Crippen molar-refractivity contribution in [3.8, 4) is 5.75 Å². The number of fused-ring (bicyclic) bond motifs is 1. The molecule has 3 rings (SSSR count). The van der Waals surface area contributed by atoms with Crippen LogP contribution in [-0.2, 0) is 11.3 Å². The number of hydrogen-bond donors (Lipinski definition) is 3. The molecule has 9 heteroatoms. The van der Waals surface area contributed by atoms with Gasteiger partial charge < -0.3 is 15.4 Å². The molecular weight excluding hydrogens is 421 g/mol. The molecule has 0 aliphatic heterocycles. The molecule has 2 aromatic rings. The molecule has 0 atom stereocenters. The van der Waals surface area contributed by atoms with Gasteiger partial charge in [-0.25, -0.2) is 14.4 Å². The first-order valence-electron chi connectivity index (χ1n) is 10.1. The molecule has 1 aliphatic rings. The maximum absolute atomic E-state index is 14.7. The lowest BCUT2D eigenvalue weighted by Crippen LogP contribution is -2.51. The van der Waals surface area contributed by atoms with Gasteiger partial charge in [-0.05, 0) is 39.2 Å². The second-order valence-corrected chi connectivity index (χ2v) is 8.23. The van der Waals surface area contributed by atoms with Gasteiger partial charge in [0.25, 0.3) is 0 Å². The Morgan fingerprint density at radius 2 is 2.10 bits per heavy atom. The molecule has 1 amide bonds. The van der Waals surface area contributed by atoms with Gasteiger partial charge in [0.05, 0.1) is 28.9 Å². The molecule has 7 nitrogen and oxygen atoms in total. The first kappa shape index (κ1) is 23.0. The minimum absolute atomic E-state index is 0.112. The Hall–Kier alpha value is -2.71. The highest BCUT2D eigenvalue weighted by Gasteiger charge is 2.26. The second kappa shape index (κ2) is 9.62. The molecule has 0 radical (unpaired) electrons. The lowest BCUT2D eigenvalue weighted by atomic mass is 10.0. The number of nitrogens with zero attached hydrogens (tertiary/aromatic N) is 2. The van der Waals surface area contributed by atoms with Gasteiger partial charge in [-0.3, -0.25) is 10.1 Å². The van der Waals surface area contributed by atoms with E-state index in [1.54, 1.807) is 40.1 Å². The molecule has 0 saturated heterocycles. The summed E-state index contributed by atoms with van der Waals surface area (Å²) < 4.78 is 20.2. The number of nitrogens with one attached hydrogen (secondary N) is 3. The Bertz CT molecular complexity index is 1050. The molecule has 1 aliphatic carbocycles. The standard InChI is InChI=1S/C22H27ClFN5O2/c1-22(2,21(30)25-3)28-11-13-9-14-17(10-18(13)31-4)26-12-27-20(14)29-16-8-6-5-7-15(23)19(16)24/h7,9-10,12,28H,5-6,8,11H2,1-4H3,(H,25,30)(H,26,27,29). The van der Waals surface area contributed by atoms with Crippen molar-refractivity contribution in [2.24, 2.45) is 0 Å². The molecule has 0 fully saturated rings. The molecule has 1 aromatic heterocycles. The van der Waals surface area contributed by atoms with Crippen LogP contribution in [0.2, 0.25) is 0 Å². The van der Waals surface area contributed by atoms with Crippen LogP contribution in [0.5, 0.6) is 5.75 Å². The van der Waals surface area contributed by atoms with E-state index in [1.165, 1.54) is 6.33 Å². The number of likely N-dealkylation sites (N-methyl/N-ethyl adjacent to an activating group) is 1. The molecule has 0 saturated carbocycles. The van der Waals surface area contributed by atoms with Gasteiger partial charge in [-0.2, -0.15) is 0 Å². The number of halogens is 2. The highest BCUT2D eigenvalue weighted by Crippen LogP contribution is 2.32. The number of amides is 1. The Morgan fingerprint density at radius 3 is 2.81 bits per heavy atom. The van der Waals surface area contributed by atoms with Crippen molar-refractivity contribution in [1.29, 1.82) is 0 Å². The van der Waals surface area contributed by atoms with E-state index in [0.717, 1.165) is 18.4 Å². The van der Waals surface area contributed by atoms with Crippen LogP contribution in [0.1, 0.15) is 38.7 Å². The van der Waals surface area contributed by atoms with Crippen molar-refractivity contribution in [3.63, 3.8) is 0 Å². The lowest BCUT2D eigenvalue weighted by molar-refractivity contribution is -0.126. The molecule has 0 spiro atoms. The Labute approximate surface area is 186 Å². The van der Waals surface area contributed by atoms with Gasteiger partial charge >= 0.3 is 0 Å². The highest BCUT2D eigenvalue weighted by molar-refractivity contribution is 6.31. The first-order valence-corrected chi connectivity index (χ1v) is 10.4. The third-order valence-corrected chi connectivity index (χ3v) is 5.57. The van der Waals surface area contributed by atoms with E-state index in [9.17, 15) is 9.18 Å². The SMILES string of the molecule is CNC(=O)C(C)(C)NCc1cc2c(NC3=C(F)C(Cl)=CCCC3)ncnc2cc1OC. The summed E-state index contributed by atoms with van der Waals surface area (Å²) in [6.07, 6.45) is 5.13. The van der Waals surface area contributed by atoms with E-state index in [1.807, 2.05) is 6.07 Å². The van der Waals surface area contributed by atoms with Crippen LogP contribution >= 0.6 is 11.6 Å². The molecule has 1 heterocycles. The zero-order chi connectivity index (χ0) is 22.6. The number of carbonyl (C=O) groups excluding carboxylic acids is 1. The van der Waals surface area contributed by atoms with Gasteiger partial charge in [-0.1, -0.05) is 17.7 Å². The molecule has 166 valence electrons. The number of hydrogen-bond acceptors (Lipinski definition) is 6. The number of aromatic nitrogens is 2. The van der Waals surface area contributed by atoms with Gasteiger partial charge in [0, 0.05) is 30.6 Å². The van der Waals surface area contributed by atoms with E-state index >= 15 is 0 Å². The fourth-order valence-electron chi connectivity index (χ4n) is 3.38. The minimum atomic E-state index is -0.777. The summed E-state index contributed by atoms with van der Waals surface area (Å²) in [5.74, 6) is 0.520. The highest BCUT2D eigenvalue weighted by atomic mass is 35.5. The number of rotatable bonds is 7. The van der Waals surface area contributed by atoms with Crippen LogP contribution in [-0.4, -0.2) is 35.6 Å². The summed E-state index contributed by atoms with van der Waals surface area (Å²) in [5, 5.41) is 9.82.